The van der Waals surface area contributed by atoms with Crippen LogP contribution in [0.1, 0.15) is 122 Å². The standard InChI is InChI=1S/C22H42NO2/c1-2-3-4-5-6-7-8-9-10-11-12-13-14-15-16-19-22(24)25-21-18-17-20-23-21/h21H,2-20H2,1H3. The molecule has 0 N–H and O–H groups in total. The Hall–Kier alpha value is -0.570. The fraction of sp³-hybridized carbons (Fsp3) is 0.955. The van der Waals surface area contributed by atoms with Gasteiger partial charge in [-0.05, 0) is 12.8 Å². The van der Waals surface area contributed by atoms with Gasteiger partial charge in [0.05, 0.1) is 0 Å². The summed E-state index contributed by atoms with van der Waals surface area (Å²) < 4.78 is 5.32. The predicted octanol–water partition coefficient (Wildman–Crippen LogP) is 6.52. The largest absolute Gasteiger partial charge is 0.445 e. The molecule has 3 heteroatoms. The first kappa shape index (κ1) is 22.5. The van der Waals surface area contributed by atoms with Crippen molar-refractivity contribution < 1.29 is 9.53 Å². The van der Waals surface area contributed by atoms with Crippen LogP contribution in [0.15, 0.2) is 0 Å². The van der Waals surface area contributed by atoms with Gasteiger partial charge in [0.15, 0.2) is 6.23 Å². The molecular weight excluding hydrogens is 310 g/mol. The lowest BCUT2D eigenvalue weighted by molar-refractivity contribution is -0.150. The highest BCUT2D eigenvalue weighted by Crippen LogP contribution is 2.14. The molecule has 0 aliphatic carbocycles. The van der Waals surface area contributed by atoms with Crippen LogP contribution in [-0.4, -0.2) is 18.7 Å². The summed E-state index contributed by atoms with van der Waals surface area (Å²) in [6.07, 6.45) is 22.7. The van der Waals surface area contributed by atoms with E-state index in [2.05, 4.69) is 12.2 Å². The van der Waals surface area contributed by atoms with E-state index in [4.69, 9.17) is 4.74 Å². The Balaban J connectivity index is 1.71. The van der Waals surface area contributed by atoms with Gasteiger partial charge in [-0.15, -0.1) is 0 Å². The maximum Gasteiger partial charge on any atom is 0.307 e. The van der Waals surface area contributed by atoms with Gasteiger partial charge in [-0.1, -0.05) is 96.8 Å². The van der Waals surface area contributed by atoms with Gasteiger partial charge in [-0.2, -0.15) is 0 Å². The van der Waals surface area contributed by atoms with Gasteiger partial charge >= 0.3 is 5.97 Å². The van der Waals surface area contributed by atoms with E-state index in [1.165, 1.54) is 83.5 Å². The van der Waals surface area contributed by atoms with Crippen molar-refractivity contribution in [1.29, 1.82) is 0 Å². The van der Waals surface area contributed by atoms with E-state index in [-0.39, 0.29) is 12.2 Å². The minimum absolute atomic E-state index is 0.0506. The summed E-state index contributed by atoms with van der Waals surface area (Å²) >= 11 is 0. The van der Waals surface area contributed by atoms with E-state index in [1.54, 1.807) is 0 Å². The van der Waals surface area contributed by atoms with Crippen molar-refractivity contribution in [3.05, 3.63) is 0 Å². The molecule has 1 aliphatic heterocycles. The maximum absolute atomic E-state index is 11.7. The van der Waals surface area contributed by atoms with Gasteiger partial charge in [0.1, 0.15) is 0 Å². The molecule has 0 spiro atoms. The number of hydrogen-bond acceptors (Lipinski definition) is 2. The van der Waals surface area contributed by atoms with Crippen LogP contribution in [0.2, 0.25) is 0 Å². The Kier molecular flexibility index (Phi) is 15.2. The Morgan fingerprint density at radius 3 is 1.72 bits per heavy atom. The lowest BCUT2D eigenvalue weighted by Gasteiger charge is -2.10. The fourth-order valence-electron chi connectivity index (χ4n) is 3.54. The van der Waals surface area contributed by atoms with Crippen LogP contribution in [-0.2, 0) is 9.53 Å². The number of nitrogens with zero attached hydrogens (tertiary/aromatic N) is 1. The summed E-state index contributed by atoms with van der Waals surface area (Å²) in [6, 6.07) is 0. The second kappa shape index (κ2) is 16.9. The number of ether oxygens (including phenoxy) is 1. The maximum atomic E-state index is 11.7. The first-order valence-electron chi connectivity index (χ1n) is 11.2. The zero-order valence-electron chi connectivity index (χ0n) is 16.8. The molecule has 1 heterocycles. The molecule has 25 heavy (non-hydrogen) atoms. The van der Waals surface area contributed by atoms with Crippen molar-refractivity contribution in [2.75, 3.05) is 6.54 Å². The molecule has 147 valence electrons. The first-order valence-corrected chi connectivity index (χ1v) is 11.2. The van der Waals surface area contributed by atoms with Gasteiger partial charge in [-0.25, -0.2) is 5.32 Å². The summed E-state index contributed by atoms with van der Waals surface area (Å²) in [7, 11) is 0. The normalized spacial score (nSPS) is 17.1. The Morgan fingerprint density at radius 2 is 1.28 bits per heavy atom. The number of unbranched alkanes of at least 4 members (excludes halogenated alkanes) is 14. The van der Waals surface area contributed by atoms with Crippen molar-refractivity contribution in [3.63, 3.8) is 0 Å². The van der Waals surface area contributed by atoms with Crippen LogP contribution in [0.5, 0.6) is 0 Å². The Labute approximate surface area is 156 Å². The quantitative estimate of drug-likeness (QED) is 0.221. The molecule has 0 saturated carbocycles. The summed E-state index contributed by atoms with van der Waals surface area (Å²) in [5.41, 5.74) is 0. The van der Waals surface area contributed by atoms with E-state index in [9.17, 15) is 4.79 Å². The topological polar surface area (TPSA) is 40.4 Å². The number of carbonyl (C=O) groups is 1. The molecule has 1 aliphatic rings. The summed E-state index contributed by atoms with van der Waals surface area (Å²) in [4.78, 5) is 11.7. The van der Waals surface area contributed by atoms with Crippen LogP contribution in [0.3, 0.4) is 0 Å². The second-order valence-electron chi connectivity index (χ2n) is 7.69. The summed E-state index contributed by atoms with van der Waals surface area (Å²) in [5, 5.41) is 4.25. The van der Waals surface area contributed by atoms with Crippen LogP contribution >= 0.6 is 0 Å². The zero-order chi connectivity index (χ0) is 18.0. The highest BCUT2D eigenvalue weighted by Gasteiger charge is 2.19. The van der Waals surface area contributed by atoms with Crippen molar-refractivity contribution >= 4 is 5.97 Å². The van der Waals surface area contributed by atoms with Crippen molar-refractivity contribution in [1.82, 2.24) is 5.32 Å². The number of carbonyl (C=O) groups excluding carboxylic acids is 1. The third kappa shape index (κ3) is 14.3. The van der Waals surface area contributed by atoms with Crippen LogP contribution in [0.4, 0.5) is 0 Å². The molecule has 0 aromatic carbocycles. The van der Waals surface area contributed by atoms with Crippen LogP contribution < -0.4 is 5.32 Å². The third-order valence-corrected chi connectivity index (χ3v) is 5.19. The highest BCUT2D eigenvalue weighted by molar-refractivity contribution is 5.69. The Bertz CT molecular complexity index is 300. The predicted molar refractivity (Wildman–Crippen MR) is 106 cm³/mol. The number of hydrogen-bond donors (Lipinski definition) is 0. The van der Waals surface area contributed by atoms with Gasteiger partial charge in [-0.3, -0.25) is 4.79 Å². The molecule has 1 fully saturated rings. The molecule has 1 unspecified atom stereocenters. The Morgan fingerprint density at radius 1 is 0.800 bits per heavy atom. The number of rotatable bonds is 17. The average Bonchev–Trinajstić information content (AvgIpc) is 3.11. The summed E-state index contributed by atoms with van der Waals surface area (Å²) in [6.45, 7) is 3.14. The van der Waals surface area contributed by atoms with Gasteiger partial charge < -0.3 is 4.74 Å². The fourth-order valence-corrected chi connectivity index (χ4v) is 3.54. The lowest BCUT2D eigenvalue weighted by Crippen LogP contribution is -2.22. The molecule has 0 aromatic heterocycles. The van der Waals surface area contributed by atoms with Crippen molar-refractivity contribution in [2.24, 2.45) is 0 Å². The molecule has 3 nitrogen and oxygen atoms in total. The molecule has 0 bridgehead atoms. The summed E-state index contributed by atoms with van der Waals surface area (Å²) in [5.74, 6) is -0.0506. The minimum atomic E-state index is -0.135. The van der Waals surface area contributed by atoms with Gasteiger partial charge in [0.25, 0.3) is 0 Å². The molecule has 1 radical (unpaired) electrons. The van der Waals surface area contributed by atoms with Gasteiger partial charge in [0.2, 0.25) is 0 Å². The second-order valence-corrected chi connectivity index (χ2v) is 7.69. The molecule has 1 rings (SSSR count). The monoisotopic (exact) mass is 352 g/mol. The SMILES string of the molecule is CCCCCCCCCCCCCCCCCC(=O)OC1CCC[N]1. The van der Waals surface area contributed by atoms with Crippen molar-refractivity contribution in [2.45, 2.75) is 129 Å². The number of esters is 1. The molecule has 1 saturated heterocycles. The van der Waals surface area contributed by atoms with E-state index >= 15 is 0 Å². The molecule has 1 atom stereocenters. The van der Waals surface area contributed by atoms with Crippen LogP contribution in [0.25, 0.3) is 0 Å². The molecule has 0 amide bonds. The lowest BCUT2D eigenvalue weighted by atomic mass is 10.0. The minimum Gasteiger partial charge on any atom is -0.445 e. The molecule has 0 aromatic rings. The van der Waals surface area contributed by atoms with E-state index in [0.29, 0.717) is 6.42 Å². The first-order chi connectivity index (χ1) is 12.3. The van der Waals surface area contributed by atoms with E-state index < -0.39 is 0 Å². The molecular formula is C22H42NO2. The van der Waals surface area contributed by atoms with Crippen molar-refractivity contribution in [3.8, 4) is 0 Å². The van der Waals surface area contributed by atoms with Crippen LogP contribution in [0, 0.1) is 0 Å². The zero-order valence-corrected chi connectivity index (χ0v) is 16.8. The van der Waals surface area contributed by atoms with E-state index in [0.717, 1.165) is 32.2 Å². The third-order valence-electron chi connectivity index (χ3n) is 5.19. The average molecular weight is 353 g/mol. The smallest absolute Gasteiger partial charge is 0.307 e. The highest BCUT2D eigenvalue weighted by atomic mass is 16.6. The van der Waals surface area contributed by atoms with Gasteiger partial charge in [0, 0.05) is 19.4 Å². The van der Waals surface area contributed by atoms with E-state index in [1.807, 2.05) is 0 Å².